The van der Waals surface area contributed by atoms with Gasteiger partial charge in [0.2, 0.25) is 0 Å². The number of anilines is 2. The highest BCUT2D eigenvalue weighted by atomic mass is 16.5. The average molecular weight is 274 g/mol. The second-order valence-electron chi connectivity index (χ2n) is 4.59. The molecule has 0 saturated carbocycles. The molecule has 1 aromatic carbocycles. The monoisotopic (exact) mass is 274 g/mol. The van der Waals surface area contributed by atoms with Gasteiger partial charge in [0.25, 0.3) is 5.56 Å². The van der Waals surface area contributed by atoms with Crippen LogP contribution in [0.5, 0.6) is 5.75 Å². The number of benzene rings is 1. The Hall–Kier alpha value is -2.50. The van der Waals surface area contributed by atoms with Crippen LogP contribution < -0.4 is 20.9 Å². The lowest BCUT2D eigenvalue weighted by Gasteiger charge is -2.12. The second-order valence-corrected chi connectivity index (χ2v) is 4.59. The maximum atomic E-state index is 11.8. The van der Waals surface area contributed by atoms with Crippen LogP contribution in [-0.4, -0.2) is 30.5 Å². The van der Waals surface area contributed by atoms with Gasteiger partial charge in [-0.2, -0.15) is 5.10 Å². The molecule has 1 heterocycles. The molecule has 0 amide bonds. The largest absolute Gasteiger partial charge is 0.492 e. The van der Waals surface area contributed by atoms with Crippen molar-refractivity contribution in [2.75, 3.05) is 31.3 Å². The van der Waals surface area contributed by atoms with Crippen molar-refractivity contribution in [3.8, 4) is 5.75 Å². The van der Waals surface area contributed by atoms with Gasteiger partial charge in [-0.15, -0.1) is 0 Å². The Labute approximate surface area is 117 Å². The molecule has 2 rings (SSSR count). The molecule has 0 aliphatic rings. The van der Waals surface area contributed by atoms with Crippen molar-refractivity contribution in [1.29, 1.82) is 0 Å². The Morgan fingerprint density at radius 3 is 2.60 bits per heavy atom. The molecule has 0 spiro atoms. The van der Waals surface area contributed by atoms with Crippen LogP contribution in [0.15, 0.2) is 41.3 Å². The van der Waals surface area contributed by atoms with Gasteiger partial charge in [0, 0.05) is 25.8 Å². The van der Waals surface area contributed by atoms with Gasteiger partial charge >= 0.3 is 0 Å². The fourth-order valence-electron chi connectivity index (χ4n) is 1.65. The standard InChI is InChI=1S/C14H18N4O2/c1-17(2)12-9-14(19)18(16-10-12)7-8-20-13-5-3-11(15)4-6-13/h3-6,9-10H,7-8,15H2,1-2H3. The topological polar surface area (TPSA) is 73.4 Å². The molecular weight excluding hydrogens is 256 g/mol. The summed E-state index contributed by atoms with van der Waals surface area (Å²) in [4.78, 5) is 13.7. The molecule has 0 fully saturated rings. The average Bonchev–Trinajstić information content (AvgIpc) is 2.42. The normalized spacial score (nSPS) is 10.3. The lowest BCUT2D eigenvalue weighted by atomic mass is 10.3. The molecule has 6 nitrogen and oxygen atoms in total. The van der Waals surface area contributed by atoms with Crippen molar-refractivity contribution < 1.29 is 4.74 Å². The summed E-state index contributed by atoms with van der Waals surface area (Å²) in [6, 6.07) is 8.68. The third-order valence-electron chi connectivity index (χ3n) is 2.82. The minimum Gasteiger partial charge on any atom is -0.492 e. The van der Waals surface area contributed by atoms with E-state index in [1.54, 1.807) is 36.5 Å². The number of nitrogens with zero attached hydrogens (tertiary/aromatic N) is 3. The molecule has 0 aliphatic carbocycles. The van der Waals surface area contributed by atoms with Gasteiger partial charge in [0.05, 0.1) is 18.4 Å². The molecule has 0 unspecified atom stereocenters. The molecule has 106 valence electrons. The Morgan fingerprint density at radius 2 is 2.00 bits per heavy atom. The van der Waals surface area contributed by atoms with E-state index in [0.717, 1.165) is 11.4 Å². The van der Waals surface area contributed by atoms with E-state index in [9.17, 15) is 4.79 Å². The molecule has 0 bridgehead atoms. The number of rotatable bonds is 5. The van der Waals surface area contributed by atoms with E-state index in [-0.39, 0.29) is 5.56 Å². The highest BCUT2D eigenvalue weighted by molar-refractivity contribution is 5.41. The molecule has 2 aromatic rings. The number of ether oxygens (including phenoxy) is 1. The zero-order chi connectivity index (χ0) is 14.5. The maximum absolute atomic E-state index is 11.8. The fourth-order valence-corrected chi connectivity index (χ4v) is 1.65. The number of hydrogen-bond donors (Lipinski definition) is 1. The number of aromatic nitrogens is 2. The van der Waals surface area contributed by atoms with Gasteiger partial charge in [-0.25, -0.2) is 4.68 Å². The molecule has 0 radical (unpaired) electrons. The Balaban J connectivity index is 1.94. The summed E-state index contributed by atoms with van der Waals surface area (Å²) in [5.41, 5.74) is 6.92. The maximum Gasteiger partial charge on any atom is 0.268 e. The molecule has 0 saturated heterocycles. The third kappa shape index (κ3) is 3.50. The van der Waals surface area contributed by atoms with Crippen LogP contribution in [0.1, 0.15) is 0 Å². The summed E-state index contributed by atoms with van der Waals surface area (Å²) in [5, 5.41) is 4.11. The number of hydrogen-bond acceptors (Lipinski definition) is 5. The number of nitrogens with two attached hydrogens (primary N) is 1. The zero-order valence-corrected chi connectivity index (χ0v) is 11.6. The SMILES string of the molecule is CN(C)c1cnn(CCOc2ccc(N)cc2)c(=O)c1. The molecular formula is C14H18N4O2. The van der Waals surface area contributed by atoms with Crippen molar-refractivity contribution >= 4 is 11.4 Å². The number of nitrogen functional groups attached to an aromatic ring is 1. The molecule has 6 heteroatoms. The Morgan fingerprint density at radius 1 is 1.30 bits per heavy atom. The highest BCUT2D eigenvalue weighted by Crippen LogP contribution is 2.12. The summed E-state index contributed by atoms with van der Waals surface area (Å²) >= 11 is 0. The summed E-state index contributed by atoms with van der Waals surface area (Å²) in [7, 11) is 3.73. The predicted molar refractivity (Wildman–Crippen MR) is 79.2 cm³/mol. The van der Waals surface area contributed by atoms with E-state index in [4.69, 9.17) is 10.5 Å². The molecule has 2 N–H and O–H groups in total. The smallest absolute Gasteiger partial charge is 0.268 e. The van der Waals surface area contributed by atoms with Crippen molar-refractivity contribution in [2.24, 2.45) is 0 Å². The summed E-state index contributed by atoms with van der Waals surface area (Å²) in [6.45, 7) is 0.773. The van der Waals surface area contributed by atoms with Crippen LogP contribution in [0, 0.1) is 0 Å². The van der Waals surface area contributed by atoms with E-state index < -0.39 is 0 Å². The minimum absolute atomic E-state index is 0.142. The molecule has 1 aromatic heterocycles. The summed E-state index contributed by atoms with van der Waals surface area (Å²) in [6.07, 6.45) is 1.66. The first-order chi connectivity index (χ1) is 9.56. The lowest BCUT2D eigenvalue weighted by Crippen LogP contribution is -2.26. The van der Waals surface area contributed by atoms with E-state index >= 15 is 0 Å². The molecule has 0 atom stereocenters. The first kappa shape index (κ1) is 13.9. The van der Waals surface area contributed by atoms with Crippen LogP contribution in [0.2, 0.25) is 0 Å². The van der Waals surface area contributed by atoms with Crippen molar-refractivity contribution in [3.05, 3.63) is 46.9 Å². The first-order valence-corrected chi connectivity index (χ1v) is 6.29. The van der Waals surface area contributed by atoms with Gasteiger partial charge in [-0.1, -0.05) is 0 Å². The van der Waals surface area contributed by atoms with Crippen LogP contribution in [-0.2, 0) is 6.54 Å². The van der Waals surface area contributed by atoms with E-state index in [0.29, 0.717) is 18.8 Å². The van der Waals surface area contributed by atoms with E-state index in [1.807, 2.05) is 19.0 Å². The minimum atomic E-state index is -0.142. The summed E-state index contributed by atoms with van der Waals surface area (Å²) in [5.74, 6) is 0.720. The van der Waals surface area contributed by atoms with E-state index in [1.165, 1.54) is 4.68 Å². The van der Waals surface area contributed by atoms with Crippen LogP contribution >= 0.6 is 0 Å². The summed E-state index contributed by atoms with van der Waals surface area (Å²) < 4.78 is 6.91. The van der Waals surface area contributed by atoms with Crippen molar-refractivity contribution in [1.82, 2.24) is 9.78 Å². The predicted octanol–water partition coefficient (Wildman–Crippen LogP) is 0.971. The van der Waals surface area contributed by atoms with Crippen LogP contribution in [0.25, 0.3) is 0 Å². The molecule has 0 aliphatic heterocycles. The van der Waals surface area contributed by atoms with Crippen LogP contribution in [0.3, 0.4) is 0 Å². The third-order valence-corrected chi connectivity index (χ3v) is 2.82. The fraction of sp³-hybridized carbons (Fsp3) is 0.286. The van der Waals surface area contributed by atoms with E-state index in [2.05, 4.69) is 5.10 Å². The van der Waals surface area contributed by atoms with Crippen LogP contribution in [0.4, 0.5) is 11.4 Å². The van der Waals surface area contributed by atoms with Gasteiger partial charge in [0.1, 0.15) is 12.4 Å². The molecule has 20 heavy (non-hydrogen) atoms. The van der Waals surface area contributed by atoms with Gasteiger partial charge in [-0.3, -0.25) is 4.79 Å². The van der Waals surface area contributed by atoms with Crippen molar-refractivity contribution in [2.45, 2.75) is 6.54 Å². The van der Waals surface area contributed by atoms with Gasteiger partial charge in [0.15, 0.2) is 0 Å². The first-order valence-electron chi connectivity index (χ1n) is 6.29. The van der Waals surface area contributed by atoms with Gasteiger partial charge < -0.3 is 15.4 Å². The highest BCUT2D eigenvalue weighted by Gasteiger charge is 2.02. The Kier molecular flexibility index (Phi) is 4.24. The van der Waals surface area contributed by atoms with Gasteiger partial charge in [-0.05, 0) is 24.3 Å². The lowest BCUT2D eigenvalue weighted by molar-refractivity contribution is 0.288. The Bertz CT molecular complexity index is 620. The quantitative estimate of drug-likeness (QED) is 0.822. The van der Waals surface area contributed by atoms with Crippen molar-refractivity contribution in [3.63, 3.8) is 0 Å². The zero-order valence-electron chi connectivity index (χ0n) is 11.6. The second kappa shape index (κ2) is 6.10.